The van der Waals surface area contributed by atoms with E-state index in [0.717, 1.165) is 0 Å². The number of alkyl halides is 6. The lowest BCUT2D eigenvalue weighted by Crippen LogP contribution is -2.13. The molecule has 0 aliphatic carbocycles. The summed E-state index contributed by atoms with van der Waals surface area (Å²) in [6, 6.07) is 5.35. The monoisotopic (exact) mass is 410 g/mol. The Morgan fingerprint density at radius 3 is 2.22 bits per heavy atom. The summed E-state index contributed by atoms with van der Waals surface area (Å²) >= 11 is 5.89. The number of carbonyl (C=O) groups excluding carboxylic acids is 1. The molecule has 0 radical (unpaired) electrons. The molecule has 146 valence electrons. The van der Waals surface area contributed by atoms with Crippen molar-refractivity contribution in [2.75, 3.05) is 0 Å². The number of ether oxygens (including phenoxy) is 1. The average Bonchev–Trinajstić information content (AvgIpc) is 2.57. The Hall–Kier alpha value is -2.22. The van der Waals surface area contributed by atoms with Crippen molar-refractivity contribution < 1.29 is 35.9 Å². The van der Waals surface area contributed by atoms with Crippen LogP contribution < -0.4 is 4.74 Å². The third-order valence-electron chi connectivity index (χ3n) is 3.61. The van der Waals surface area contributed by atoms with E-state index in [0.29, 0.717) is 17.7 Å². The molecule has 2 aromatic carbocycles. The molecular formula is C18H13ClF6O2. The fraction of sp³-hybridized carbons (Fsp3) is 0.278. The molecule has 0 heterocycles. The summed E-state index contributed by atoms with van der Waals surface area (Å²) in [6.07, 6.45) is -9.74. The second-order valence-corrected chi connectivity index (χ2v) is 6.06. The molecule has 0 bridgehead atoms. The van der Waals surface area contributed by atoms with Gasteiger partial charge < -0.3 is 4.74 Å². The number of rotatable bonds is 5. The van der Waals surface area contributed by atoms with Gasteiger partial charge in [0.1, 0.15) is 12.4 Å². The first kappa shape index (κ1) is 21.1. The summed E-state index contributed by atoms with van der Waals surface area (Å²) in [5, 5.41) is 0.191. The van der Waals surface area contributed by atoms with Crippen LogP contribution in [0.25, 0.3) is 0 Å². The third kappa shape index (κ3) is 5.38. The lowest BCUT2D eigenvalue weighted by Gasteiger charge is -2.16. The van der Waals surface area contributed by atoms with Gasteiger partial charge in [-0.3, -0.25) is 4.79 Å². The Bertz CT molecular complexity index is 843. The molecule has 0 saturated heterocycles. The van der Waals surface area contributed by atoms with E-state index < -0.39 is 35.8 Å². The minimum Gasteiger partial charge on any atom is -0.488 e. The average molecular weight is 411 g/mol. The molecule has 0 amide bonds. The normalized spacial score (nSPS) is 12.1. The first-order valence-electron chi connectivity index (χ1n) is 7.65. The van der Waals surface area contributed by atoms with E-state index in [9.17, 15) is 31.1 Å². The number of halogens is 7. The van der Waals surface area contributed by atoms with E-state index in [1.54, 1.807) is 6.92 Å². The van der Waals surface area contributed by atoms with E-state index >= 15 is 0 Å². The second kappa shape index (κ2) is 7.80. The maximum absolute atomic E-state index is 13.1. The number of carbonyl (C=O) groups is 1. The summed E-state index contributed by atoms with van der Waals surface area (Å²) < 4.78 is 82.5. The molecule has 0 spiro atoms. The topological polar surface area (TPSA) is 26.3 Å². The Morgan fingerprint density at radius 1 is 1.00 bits per heavy atom. The number of ketones is 1. The van der Waals surface area contributed by atoms with Crippen LogP contribution in [0, 0.1) is 0 Å². The highest BCUT2D eigenvalue weighted by molar-refractivity contribution is 6.31. The maximum atomic E-state index is 13.1. The Kier molecular flexibility index (Phi) is 6.09. The van der Waals surface area contributed by atoms with Gasteiger partial charge in [0.2, 0.25) is 0 Å². The molecule has 0 unspecified atom stereocenters. The number of hydrogen-bond acceptors (Lipinski definition) is 2. The van der Waals surface area contributed by atoms with Gasteiger partial charge in [0.05, 0.1) is 11.1 Å². The SMILES string of the molecule is CCC(=O)c1cc(Cl)cc(COc2ccc(C(F)(F)F)cc2C(F)(F)F)c1. The van der Waals surface area contributed by atoms with Gasteiger partial charge in [-0.1, -0.05) is 18.5 Å². The van der Waals surface area contributed by atoms with Gasteiger partial charge in [-0.05, 0) is 42.0 Å². The standard InChI is InChI=1S/C18H13ClF6O2/c1-2-15(26)11-5-10(6-13(19)7-11)9-27-16-4-3-12(17(20,21)22)8-14(16)18(23,24)25/h3-8H,2,9H2,1H3. The zero-order valence-electron chi connectivity index (χ0n) is 13.8. The summed E-state index contributed by atoms with van der Waals surface area (Å²) in [4.78, 5) is 11.8. The fourth-order valence-electron chi connectivity index (χ4n) is 2.31. The third-order valence-corrected chi connectivity index (χ3v) is 3.83. The van der Waals surface area contributed by atoms with Crippen molar-refractivity contribution in [3.05, 3.63) is 63.7 Å². The van der Waals surface area contributed by atoms with Crippen LogP contribution >= 0.6 is 11.6 Å². The van der Waals surface area contributed by atoms with Gasteiger partial charge in [-0.2, -0.15) is 26.3 Å². The minimum absolute atomic E-state index is 0.000652. The van der Waals surface area contributed by atoms with Crippen molar-refractivity contribution in [1.29, 1.82) is 0 Å². The summed E-state index contributed by atoms with van der Waals surface area (Å²) in [7, 11) is 0. The lowest BCUT2D eigenvalue weighted by molar-refractivity contribution is -0.143. The van der Waals surface area contributed by atoms with Crippen LogP contribution in [0.2, 0.25) is 5.02 Å². The number of hydrogen-bond donors (Lipinski definition) is 0. The summed E-state index contributed by atoms with van der Waals surface area (Å²) in [5.41, 5.74) is -2.38. The van der Waals surface area contributed by atoms with Crippen molar-refractivity contribution >= 4 is 17.4 Å². The van der Waals surface area contributed by atoms with E-state index in [-0.39, 0.29) is 28.9 Å². The first-order chi connectivity index (χ1) is 12.4. The zero-order chi connectivity index (χ0) is 20.4. The van der Waals surface area contributed by atoms with Crippen LogP contribution in [0.4, 0.5) is 26.3 Å². The molecule has 2 aromatic rings. The minimum atomic E-state index is -5.03. The molecule has 0 aliphatic rings. The predicted molar refractivity (Wildman–Crippen MR) is 86.9 cm³/mol. The van der Waals surface area contributed by atoms with Crippen LogP contribution in [0.1, 0.15) is 40.4 Å². The Balaban J connectivity index is 2.33. The molecule has 0 N–H and O–H groups in total. The van der Waals surface area contributed by atoms with Crippen LogP contribution in [0.15, 0.2) is 36.4 Å². The Morgan fingerprint density at radius 2 is 1.67 bits per heavy atom. The quantitative estimate of drug-likeness (QED) is 0.412. The molecule has 27 heavy (non-hydrogen) atoms. The zero-order valence-corrected chi connectivity index (χ0v) is 14.6. The first-order valence-corrected chi connectivity index (χ1v) is 8.03. The summed E-state index contributed by atoms with van der Waals surface area (Å²) in [6.45, 7) is 1.23. The lowest BCUT2D eigenvalue weighted by atomic mass is 10.1. The molecule has 9 heteroatoms. The predicted octanol–water partition coefficient (Wildman–Crippen LogP) is 6.55. The van der Waals surface area contributed by atoms with Gasteiger partial charge in [-0.15, -0.1) is 0 Å². The van der Waals surface area contributed by atoms with Gasteiger partial charge in [-0.25, -0.2) is 0 Å². The maximum Gasteiger partial charge on any atom is 0.419 e. The van der Waals surface area contributed by atoms with Crippen molar-refractivity contribution in [3.63, 3.8) is 0 Å². The highest BCUT2D eigenvalue weighted by atomic mass is 35.5. The number of Topliss-reactive ketones (excluding diaryl/α,β-unsaturated/α-hetero) is 1. The van der Waals surface area contributed by atoms with Crippen molar-refractivity contribution in [3.8, 4) is 5.75 Å². The molecule has 0 aliphatic heterocycles. The largest absolute Gasteiger partial charge is 0.488 e. The molecule has 2 nitrogen and oxygen atoms in total. The molecule has 2 rings (SSSR count). The molecule has 0 aromatic heterocycles. The van der Waals surface area contributed by atoms with Gasteiger partial charge in [0, 0.05) is 17.0 Å². The van der Waals surface area contributed by atoms with Crippen molar-refractivity contribution in [2.24, 2.45) is 0 Å². The smallest absolute Gasteiger partial charge is 0.419 e. The van der Waals surface area contributed by atoms with Crippen molar-refractivity contribution in [2.45, 2.75) is 32.3 Å². The second-order valence-electron chi connectivity index (χ2n) is 5.62. The molecule has 0 atom stereocenters. The molecular weight excluding hydrogens is 398 g/mol. The summed E-state index contributed by atoms with van der Waals surface area (Å²) in [5.74, 6) is -0.969. The number of benzene rings is 2. The highest BCUT2D eigenvalue weighted by Gasteiger charge is 2.38. The molecule has 0 saturated carbocycles. The van der Waals surface area contributed by atoms with E-state index in [2.05, 4.69) is 0 Å². The van der Waals surface area contributed by atoms with Crippen LogP contribution in [0.3, 0.4) is 0 Å². The van der Waals surface area contributed by atoms with Crippen molar-refractivity contribution in [1.82, 2.24) is 0 Å². The van der Waals surface area contributed by atoms with E-state index in [1.807, 2.05) is 0 Å². The van der Waals surface area contributed by atoms with Gasteiger partial charge in [0.15, 0.2) is 5.78 Å². The molecule has 0 fully saturated rings. The fourth-order valence-corrected chi connectivity index (χ4v) is 2.57. The van der Waals surface area contributed by atoms with Crippen LogP contribution in [-0.2, 0) is 19.0 Å². The highest BCUT2D eigenvalue weighted by Crippen LogP contribution is 2.40. The van der Waals surface area contributed by atoms with Gasteiger partial charge >= 0.3 is 12.4 Å². The van der Waals surface area contributed by atoms with Gasteiger partial charge in [0.25, 0.3) is 0 Å². The van der Waals surface area contributed by atoms with E-state index in [1.165, 1.54) is 18.2 Å². The Labute approximate surface area is 155 Å². The van der Waals surface area contributed by atoms with E-state index in [4.69, 9.17) is 16.3 Å². The van der Waals surface area contributed by atoms with Crippen LogP contribution in [-0.4, -0.2) is 5.78 Å². The van der Waals surface area contributed by atoms with Crippen LogP contribution in [0.5, 0.6) is 5.75 Å².